The Kier molecular flexibility index (Phi) is 6.40. The van der Waals surface area contributed by atoms with Crippen LogP contribution < -0.4 is 15.5 Å². The molecule has 3 atom stereocenters. The maximum atomic E-state index is 13.4. The van der Waals surface area contributed by atoms with Crippen molar-refractivity contribution in [3.8, 4) is 0 Å². The Morgan fingerprint density at radius 2 is 1.58 bits per heavy atom. The minimum absolute atomic E-state index is 0.0192. The molecule has 1 aliphatic rings. The van der Waals surface area contributed by atoms with Gasteiger partial charge in [-0.25, -0.2) is 4.79 Å². The molecule has 3 aromatic rings. The fourth-order valence-electron chi connectivity index (χ4n) is 4.44. The molecule has 2 amide bonds. The lowest BCUT2D eigenvalue weighted by molar-refractivity contribution is 0.247. The molecule has 0 spiro atoms. The van der Waals surface area contributed by atoms with Crippen LogP contribution in [0.15, 0.2) is 72.8 Å². The number of rotatable bonds is 4. The molecule has 0 aliphatic carbocycles. The molecule has 0 bridgehead atoms. The summed E-state index contributed by atoms with van der Waals surface area (Å²) >= 11 is 12.2. The van der Waals surface area contributed by atoms with E-state index in [0.717, 1.165) is 23.4 Å². The van der Waals surface area contributed by atoms with Gasteiger partial charge in [0.25, 0.3) is 0 Å². The second-order valence-corrected chi connectivity index (χ2v) is 8.71. The Balaban J connectivity index is 1.70. The number of halogens is 2. The summed E-state index contributed by atoms with van der Waals surface area (Å²) in [5, 5.41) is 7.63. The molecule has 31 heavy (non-hydrogen) atoms. The van der Waals surface area contributed by atoms with Gasteiger partial charge < -0.3 is 10.6 Å². The van der Waals surface area contributed by atoms with E-state index in [0.29, 0.717) is 15.7 Å². The van der Waals surface area contributed by atoms with E-state index in [1.165, 1.54) is 0 Å². The van der Waals surface area contributed by atoms with Crippen molar-refractivity contribution in [3.05, 3.63) is 88.4 Å². The van der Waals surface area contributed by atoms with Crippen LogP contribution in [0.2, 0.25) is 10.0 Å². The molecular weight excluding hydrogens is 429 g/mol. The quantitative estimate of drug-likeness (QED) is 0.426. The number of anilines is 3. The Morgan fingerprint density at radius 1 is 0.935 bits per heavy atom. The van der Waals surface area contributed by atoms with Crippen molar-refractivity contribution in [2.24, 2.45) is 5.92 Å². The number of nitrogens with one attached hydrogen (secondary N) is 2. The number of carbonyl (C=O) groups excluding carboxylic acids is 1. The number of hydrogen-bond donors (Lipinski definition) is 2. The number of urea groups is 1. The summed E-state index contributed by atoms with van der Waals surface area (Å²) in [5.41, 5.74) is 3.65. The molecule has 0 saturated carbocycles. The highest BCUT2D eigenvalue weighted by Gasteiger charge is 2.40. The van der Waals surface area contributed by atoms with E-state index < -0.39 is 0 Å². The minimum Gasteiger partial charge on any atom is -0.378 e. The normalized spacial score (nSPS) is 20.1. The third-order valence-corrected chi connectivity index (χ3v) is 6.28. The van der Waals surface area contributed by atoms with Gasteiger partial charge in [0.2, 0.25) is 0 Å². The lowest BCUT2D eigenvalue weighted by Gasteiger charge is -2.45. The van der Waals surface area contributed by atoms with Gasteiger partial charge in [0.1, 0.15) is 0 Å². The highest BCUT2D eigenvalue weighted by Crippen LogP contribution is 2.43. The van der Waals surface area contributed by atoms with Gasteiger partial charge in [0.05, 0.1) is 11.7 Å². The first-order valence-corrected chi connectivity index (χ1v) is 11.2. The van der Waals surface area contributed by atoms with Gasteiger partial charge in [0, 0.05) is 33.4 Å². The van der Waals surface area contributed by atoms with Crippen molar-refractivity contribution < 1.29 is 4.79 Å². The number of benzene rings is 3. The summed E-state index contributed by atoms with van der Waals surface area (Å²) in [4.78, 5) is 15.3. The Labute approximate surface area is 193 Å². The molecular formula is C25H25Cl2N3O. The van der Waals surface area contributed by atoms with Crippen LogP contribution in [0.5, 0.6) is 0 Å². The summed E-state index contributed by atoms with van der Waals surface area (Å²) < 4.78 is 0. The molecule has 0 fully saturated rings. The summed E-state index contributed by atoms with van der Waals surface area (Å²) in [5.74, 6) is 0.189. The molecule has 0 aromatic heterocycles. The van der Waals surface area contributed by atoms with Crippen LogP contribution in [-0.2, 0) is 0 Å². The molecule has 4 rings (SSSR count). The summed E-state index contributed by atoms with van der Waals surface area (Å²) in [6.45, 7) is 4.31. The number of amides is 2. The number of fused-ring (bicyclic) bond motifs is 1. The zero-order valence-electron chi connectivity index (χ0n) is 17.5. The molecule has 0 unspecified atom stereocenters. The molecule has 3 aromatic carbocycles. The van der Waals surface area contributed by atoms with E-state index in [2.05, 4.69) is 42.7 Å². The van der Waals surface area contributed by atoms with Crippen molar-refractivity contribution in [1.29, 1.82) is 0 Å². The second kappa shape index (κ2) is 9.21. The van der Waals surface area contributed by atoms with Crippen LogP contribution in [0, 0.1) is 5.92 Å². The highest BCUT2D eigenvalue weighted by atomic mass is 35.5. The summed E-state index contributed by atoms with van der Waals surface area (Å²) in [7, 11) is 0. The van der Waals surface area contributed by atoms with Gasteiger partial charge in [-0.15, -0.1) is 0 Å². The van der Waals surface area contributed by atoms with Crippen molar-refractivity contribution in [2.75, 3.05) is 15.5 Å². The zero-order chi connectivity index (χ0) is 22.0. The highest BCUT2D eigenvalue weighted by molar-refractivity contribution is 6.35. The lowest BCUT2D eigenvalue weighted by atomic mass is 9.81. The first-order chi connectivity index (χ1) is 15.0. The predicted octanol–water partition coefficient (Wildman–Crippen LogP) is 7.61. The third-order valence-electron chi connectivity index (χ3n) is 5.84. The summed E-state index contributed by atoms with van der Waals surface area (Å²) in [6.07, 6.45) is 0.826. The van der Waals surface area contributed by atoms with Crippen LogP contribution in [-0.4, -0.2) is 12.1 Å². The second-order valence-electron chi connectivity index (χ2n) is 7.84. The molecule has 2 N–H and O–H groups in total. The SMILES string of the molecule is CC[C@H]1[C@H](C)[C@@H](Nc2ccccc2)c2ccccc2N1C(=O)Nc1cc(Cl)cc(Cl)c1. The van der Waals surface area contributed by atoms with Crippen molar-refractivity contribution in [1.82, 2.24) is 0 Å². The number of hydrogen-bond acceptors (Lipinski definition) is 2. The standard InChI is InChI=1S/C25H25Cl2N3O/c1-3-22-16(2)24(28-19-9-5-4-6-10-19)21-11-7-8-12-23(21)30(22)25(31)29-20-14-17(26)13-18(27)15-20/h4-16,22,24,28H,3H2,1-2H3,(H,29,31)/t16-,22-,24+/m0/s1. The van der Waals surface area contributed by atoms with Crippen LogP contribution >= 0.6 is 23.2 Å². The topological polar surface area (TPSA) is 44.4 Å². The molecule has 160 valence electrons. The van der Waals surface area contributed by atoms with Gasteiger partial charge in [0.15, 0.2) is 0 Å². The molecule has 4 nitrogen and oxygen atoms in total. The minimum atomic E-state index is -0.192. The van der Waals surface area contributed by atoms with E-state index in [4.69, 9.17) is 23.2 Å². The number of nitrogens with zero attached hydrogens (tertiary/aromatic N) is 1. The molecule has 0 radical (unpaired) electrons. The van der Waals surface area contributed by atoms with Crippen LogP contribution in [0.1, 0.15) is 31.9 Å². The largest absolute Gasteiger partial charge is 0.378 e. The van der Waals surface area contributed by atoms with Gasteiger partial charge in [-0.1, -0.05) is 73.4 Å². The van der Waals surface area contributed by atoms with Crippen LogP contribution in [0.3, 0.4) is 0 Å². The molecule has 6 heteroatoms. The van der Waals surface area contributed by atoms with Gasteiger partial charge in [-0.3, -0.25) is 4.90 Å². The van der Waals surface area contributed by atoms with Crippen molar-refractivity contribution in [2.45, 2.75) is 32.4 Å². The molecule has 0 saturated heterocycles. The predicted molar refractivity (Wildman–Crippen MR) is 130 cm³/mol. The fraction of sp³-hybridized carbons (Fsp3) is 0.240. The van der Waals surface area contributed by atoms with Crippen LogP contribution in [0.25, 0.3) is 0 Å². The van der Waals surface area contributed by atoms with Crippen LogP contribution in [0.4, 0.5) is 21.9 Å². The maximum Gasteiger partial charge on any atom is 0.326 e. The smallest absolute Gasteiger partial charge is 0.326 e. The average molecular weight is 454 g/mol. The Hall–Kier alpha value is -2.69. The summed E-state index contributed by atoms with van der Waals surface area (Å²) in [6, 6.07) is 23.2. The van der Waals surface area contributed by atoms with Gasteiger partial charge in [-0.05, 0) is 48.4 Å². The lowest BCUT2D eigenvalue weighted by Crippen LogP contribution is -2.51. The Morgan fingerprint density at radius 3 is 2.26 bits per heavy atom. The average Bonchev–Trinajstić information content (AvgIpc) is 2.75. The molecule has 1 aliphatic heterocycles. The first kappa shape index (κ1) is 21.5. The zero-order valence-corrected chi connectivity index (χ0v) is 19.0. The molecule has 1 heterocycles. The van der Waals surface area contributed by atoms with E-state index in [9.17, 15) is 4.79 Å². The van der Waals surface area contributed by atoms with E-state index in [1.54, 1.807) is 18.2 Å². The fourth-order valence-corrected chi connectivity index (χ4v) is 4.96. The van der Waals surface area contributed by atoms with Gasteiger partial charge >= 0.3 is 6.03 Å². The van der Waals surface area contributed by atoms with E-state index >= 15 is 0 Å². The number of carbonyl (C=O) groups is 1. The monoisotopic (exact) mass is 453 g/mol. The van der Waals surface area contributed by atoms with E-state index in [-0.39, 0.29) is 24.0 Å². The van der Waals surface area contributed by atoms with E-state index in [1.807, 2.05) is 41.3 Å². The number of para-hydroxylation sites is 2. The van der Waals surface area contributed by atoms with Crippen molar-refractivity contribution in [3.63, 3.8) is 0 Å². The Bertz CT molecular complexity index is 1050. The maximum absolute atomic E-state index is 13.4. The first-order valence-electron chi connectivity index (χ1n) is 10.4. The van der Waals surface area contributed by atoms with Crippen molar-refractivity contribution >= 4 is 46.3 Å². The van der Waals surface area contributed by atoms with Gasteiger partial charge in [-0.2, -0.15) is 0 Å². The third kappa shape index (κ3) is 4.51.